The van der Waals surface area contributed by atoms with E-state index in [2.05, 4.69) is 20.4 Å². The largest absolute Gasteiger partial charge is 0.355 e. The molecule has 1 aromatic heterocycles. The average Bonchev–Trinajstić information content (AvgIpc) is 2.98. The third kappa shape index (κ3) is 3.53. The molecule has 0 spiro atoms. The highest BCUT2D eigenvalue weighted by Crippen LogP contribution is 2.16. The fraction of sp³-hybridized carbons (Fsp3) is 0.571. The van der Waals surface area contributed by atoms with E-state index in [4.69, 9.17) is 0 Å². The molecule has 20 heavy (non-hydrogen) atoms. The quantitative estimate of drug-likeness (QED) is 0.869. The summed E-state index contributed by atoms with van der Waals surface area (Å²) >= 11 is 0. The molecule has 0 aromatic carbocycles. The van der Waals surface area contributed by atoms with E-state index in [1.165, 1.54) is 12.8 Å². The topological polar surface area (TPSA) is 75.2 Å². The molecule has 0 radical (unpaired) electrons. The van der Waals surface area contributed by atoms with Gasteiger partial charge in [0.15, 0.2) is 17.3 Å². The molecule has 1 aromatic rings. The molecule has 1 aliphatic rings. The van der Waals surface area contributed by atoms with Gasteiger partial charge in [0.2, 0.25) is 0 Å². The van der Waals surface area contributed by atoms with E-state index in [1.807, 2.05) is 0 Å². The summed E-state index contributed by atoms with van der Waals surface area (Å²) in [6, 6.07) is 3.45. The lowest BCUT2D eigenvalue weighted by atomic mass is 10.1. The van der Waals surface area contributed by atoms with Crippen LogP contribution in [0, 0.1) is 5.92 Å². The van der Waals surface area contributed by atoms with Crippen molar-refractivity contribution in [3.05, 3.63) is 17.8 Å². The Morgan fingerprint density at radius 2 is 1.95 bits per heavy atom. The molecule has 2 heterocycles. The molecule has 0 unspecified atom stereocenters. The second-order valence-corrected chi connectivity index (χ2v) is 5.27. The van der Waals surface area contributed by atoms with E-state index >= 15 is 0 Å². The van der Waals surface area contributed by atoms with Crippen molar-refractivity contribution < 1.29 is 9.59 Å². The Hall–Kier alpha value is -1.98. The number of nitrogens with one attached hydrogen (secondary N) is 1. The van der Waals surface area contributed by atoms with Crippen LogP contribution in [-0.4, -0.2) is 41.5 Å². The molecular formula is C14H20N4O2. The molecule has 0 atom stereocenters. The molecule has 1 amide bonds. The van der Waals surface area contributed by atoms with E-state index < -0.39 is 0 Å². The Morgan fingerprint density at radius 1 is 1.25 bits per heavy atom. The van der Waals surface area contributed by atoms with Crippen LogP contribution in [-0.2, 0) is 4.79 Å². The van der Waals surface area contributed by atoms with Gasteiger partial charge in [-0.3, -0.25) is 9.59 Å². The van der Waals surface area contributed by atoms with E-state index in [-0.39, 0.29) is 29.8 Å². The molecule has 6 nitrogen and oxygen atoms in total. The number of Topliss-reactive ketones (excluding diaryl/α,β-unsaturated/α-hetero) is 1. The summed E-state index contributed by atoms with van der Waals surface area (Å²) in [5.74, 6) is 0.357. The van der Waals surface area contributed by atoms with Crippen LogP contribution < -0.4 is 10.2 Å². The van der Waals surface area contributed by atoms with E-state index in [0.717, 1.165) is 18.9 Å². The molecule has 1 aliphatic heterocycles. The maximum absolute atomic E-state index is 11.8. The Labute approximate surface area is 118 Å². The minimum atomic E-state index is -0.362. The fourth-order valence-electron chi connectivity index (χ4n) is 2.02. The SMILES string of the molecule is CC(C)C(=O)CNC(=O)c1ccc(N2CCCC2)nn1. The smallest absolute Gasteiger partial charge is 0.272 e. The van der Waals surface area contributed by atoms with Gasteiger partial charge in [-0.2, -0.15) is 0 Å². The van der Waals surface area contributed by atoms with Crippen molar-refractivity contribution in [3.8, 4) is 0 Å². The maximum Gasteiger partial charge on any atom is 0.272 e. The van der Waals surface area contributed by atoms with Crippen molar-refractivity contribution in [1.29, 1.82) is 0 Å². The van der Waals surface area contributed by atoms with E-state index in [9.17, 15) is 9.59 Å². The number of amides is 1. The van der Waals surface area contributed by atoms with Gasteiger partial charge in [0, 0.05) is 19.0 Å². The minimum absolute atomic E-state index is 0.00000364. The van der Waals surface area contributed by atoms with Gasteiger partial charge < -0.3 is 10.2 Å². The molecular weight excluding hydrogens is 256 g/mol. The first-order valence-electron chi connectivity index (χ1n) is 6.97. The summed E-state index contributed by atoms with van der Waals surface area (Å²) < 4.78 is 0. The first-order valence-corrected chi connectivity index (χ1v) is 6.97. The molecule has 1 saturated heterocycles. The van der Waals surface area contributed by atoms with Gasteiger partial charge in [-0.25, -0.2) is 0 Å². The molecule has 2 rings (SSSR count). The Kier molecular flexibility index (Phi) is 4.65. The number of carbonyl (C=O) groups excluding carboxylic acids is 2. The van der Waals surface area contributed by atoms with E-state index in [1.54, 1.807) is 26.0 Å². The second-order valence-electron chi connectivity index (χ2n) is 5.27. The van der Waals surface area contributed by atoms with Crippen LogP contribution in [0.1, 0.15) is 37.2 Å². The molecule has 6 heteroatoms. The summed E-state index contributed by atoms with van der Waals surface area (Å²) in [6.07, 6.45) is 2.34. The number of hydrogen-bond acceptors (Lipinski definition) is 5. The number of rotatable bonds is 5. The average molecular weight is 276 g/mol. The van der Waals surface area contributed by atoms with Crippen molar-refractivity contribution in [1.82, 2.24) is 15.5 Å². The third-order valence-corrected chi connectivity index (χ3v) is 3.38. The normalized spacial score (nSPS) is 14.7. The zero-order chi connectivity index (χ0) is 14.5. The van der Waals surface area contributed by atoms with Crippen molar-refractivity contribution in [3.63, 3.8) is 0 Å². The van der Waals surface area contributed by atoms with Crippen LogP contribution >= 0.6 is 0 Å². The molecule has 1 N–H and O–H groups in total. The highest BCUT2D eigenvalue weighted by atomic mass is 16.2. The standard InChI is InChI=1S/C14H20N4O2/c1-10(2)12(19)9-15-14(20)11-5-6-13(17-16-11)18-7-3-4-8-18/h5-6,10H,3-4,7-9H2,1-2H3,(H,15,20). The first kappa shape index (κ1) is 14.4. The fourth-order valence-corrected chi connectivity index (χ4v) is 2.02. The van der Waals surface area contributed by atoms with Crippen LogP contribution in [0.3, 0.4) is 0 Å². The molecule has 1 fully saturated rings. The zero-order valence-electron chi connectivity index (χ0n) is 11.9. The van der Waals surface area contributed by atoms with Crippen LogP contribution in [0.5, 0.6) is 0 Å². The summed E-state index contributed by atoms with van der Waals surface area (Å²) in [4.78, 5) is 25.4. The molecule has 0 saturated carbocycles. The van der Waals surface area contributed by atoms with Crippen molar-refractivity contribution in [2.45, 2.75) is 26.7 Å². The van der Waals surface area contributed by atoms with Gasteiger partial charge in [0.1, 0.15) is 0 Å². The zero-order valence-corrected chi connectivity index (χ0v) is 11.9. The second kappa shape index (κ2) is 6.45. The molecule has 108 valence electrons. The Balaban J connectivity index is 1.92. The summed E-state index contributed by atoms with van der Waals surface area (Å²) in [5, 5.41) is 10.6. The lowest BCUT2D eigenvalue weighted by Crippen LogP contribution is -2.32. The van der Waals surface area contributed by atoms with Crippen LogP contribution in [0.25, 0.3) is 0 Å². The first-order chi connectivity index (χ1) is 9.58. The predicted octanol–water partition coefficient (Wildman–Crippen LogP) is 1.03. The van der Waals surface area contributed by atoms with Crippen molar-refractivity contribution in [2.24, 2.45) is 5.92 Å². The summed E-state index contributed by atoms with van der Waals surface area (Å²) in [6.45, 7) is 5.62. The van der Waals surface area contributed by atoms with E-state index in [0.29, 0.717) is 0 Å². The van der Waals surface area contributed by atoms with Crippen LogP contribution in [0.15, 0.2) is 12.1 Å². The minimum Gasteiger partial charge on any atom is -0.355 e. The number of anilines is 1. The van der Waals surface area contributed by atoms with Crippen LogP contribution in [0.4, 0.5) is 5.82 Å². The highest BCUT2D eigenvalue weighted by Gasteiger charge is 2.16. The van der Waals surface area contributed by atoms with Gasteiger partial charge >= 0.3 is 0 Å². The van der Waals surface area contributed by atoms with Gasteiger partial charge in [0.25, 0.3) is 5.91 Å². The Morgan fingerprint density at radius 3 is 2.50 bits per heavy atom. The van der Waals surface area contributed by atoms with Gasteiger partial charge in [0.05, 0.1) is 6.54 Å². The number of nitrogens with zero attached hydrogens (tertiary/aromatic N) is 3. The lowest BCUT2D eigenvalue weighted by Gasteiger charge is -2.15. The predicted molar refractivity (Wildman–Crippen MR) is 75.7 cm³/mol. The van der Waals surface area contributed by atoms with Gasteiger partial charge in [-0.05, 0) is 25.0 Å². The van der Waals surface area contributed by atoms with Crippen LogP contribution in [0.2, 0.25) is 0 Å². The molecule has 0 bridgehead atoms. The maximum atomic E-state index is 11.8. The summed E-state index contributed by atoms with van der Waals surface area (Å²) in [5.41, 5.74) is 0.240. The third-order valence-electron chi connectivity index (χ3n) is 3.38. The van der Waals surface area contributed by atoms with Crippen molar-refractivity contribution >= 4 is 17.5 Å². The number of ketones is 1. The number of aromatic nitrogens is 2. The van der Waals surface area contributed by atoms with Gasteiger partial charge in [-0.1, -0.05) is 13.8 Å². The molecule has 0 aliphatic carbocycles. The summed E-state index contributed by atoms with van der Waals surface area (Å²) in [7, 11) is 0. The number of hydrogen-bond donors (Lipinski definition) is 1. The van der Waals surface area contributed by atoms with Gasteiger partial charge in [-0.15, -0.1) is 10.2 Å². The number of carbonyl (C=O) groups is 2. The monoisotopic (exact) mass is 276 g/mol. The Bertz CT molecular complexity index is 478. The van der Waals surface area contributed by atoms with Crippen molar-refractivity contribution in [2.75, 3.05) is 24.5 Å². The lowest BCUT2D eigenvalue weighted by molar-refractivity contribution is -0.120. The highest BCUT2D eigenvalue weighted by molar-refractivity contribution is 5.95.